The fourth-order valence-corrected chi connectivity index (χ4v) is 2.16. The van der Waals surface area contributed by atoms with Crippen LogP contribution in [0.25, 0.3) is 0 Å². The second kappa shape index (κ2) is 7.00. The number of urea groups is 1. The number of halogens is 1. The molecule has 0 aromatic heterocycles. The number of carbonyl (C=O) groups is 2. The highest BCUT2D eigenvalue weighted by atomic mass is 32.2. The third-order valence-electron chi connectivity index (χ3n) is 2.29. The minimum Gasteiger partial charge on any atom is -0.341 e. The summed E-state index contributed by atoms with van der Waals surface area (Å²) < 4.78 is 13.5. The number of nitrogens with one attached hydrogen (secondary N) is 2. The van der Waals surface area contributed by atoms with Crippen LogP contribution in [0.15, 0.2) is 24.3 Å². The van der Waals surface area contributed by atoms with Crippen molar-refractivity contribution in [2.45, 2.75) is 12.2 Å². The molecule has 0 aliphatic heterocycles. The van der Waals surface area contributed by atoms with Gasteiger partial charge in [0, 0.05) is 17.9 Å². The molecule has 1 aromatic carbocycles. The van der Waals surface area contributed by atoms with E-state index in [9.17, 15) is 14.0 Å². The van der Waals surface area contributed by atoms with E-state index in [-0.39, 0.29) is 16.8 Å². The molecule has 0 bridgehead atoms. The average molecular weight is 270 g/mol. The van der Waals surface area contributed by atoms with Crippen molar-refractivity contribution in [2.24, 2.45) is 0 Å². The Labute approximate surface area is 109 Å². The average Bonchev–Trinajstić information content (AvgIpc) is 2.36. The largest absolute Gasteiger partial charge is 0.341 e. The highest BCUT2D eigenvalue weighted by Crippen LogP contribution is 2.29. The Morgan fingerprint density at radius 2 is 2.06 bits per heavy atom. The summed E-state index contributed by atoms with van der Waals surface area (Å²) >= 11 is 1.27. The fraction of sp³-hybridized carbons (Fsp3) is 0.333. The molecule has 3 amide bonds. The van der Waals surface area contributed by atoms with E-state index in [4.69, 9.17) is 0 Å². The van der Waals surface area contributed by atoms with E-state index in [0.29, 0.717) is 5.56 Å². The predicted octanol–water partition coefficient (Wildman–Crippen LogP) is 2.08. The van der Waals surface area contributed by atoms with Gasteiger partial charge in [-0.1, -0.05) is 18.2 Å². The number of rotatable bonds is 4. The Bertz CT molecular complexity index is 440. The summed E-state index contributed by atoms with van der Waals surface area (Å²) in [6.45, 7) is 1.82. The second-order valence-electron chi connectivity index (χ2n) is 3.60. The molecule has 0 radical (unpaired) electrons. The van der Waals surface area contributed by atoms with Crippen LogP contribution in [0.3, 0.4) is 0 Å². The Hall–Kier alpha value is -1.56. The number of thioether (sulfide) groups is 1. The van der Waals surface area contributed by atoms with Crippen molar-refractivity contribution in [1.29, 1.82) is 0 Å². The summed E-state index contributed by atoms with van der Waals surface area (Å²) in [6.07, 6.45) is 0. The molecule has 0 spiro atoms. The molecule has 1 unspecified atom stereocenters. The Kier molecular flexibility index (Phi) is 5.64. The molecule has 0 saturated heterocycles. The van der Waals surface area contributed by atoms with Crippen molar-refractivity contribution < 1.29 is 14.0 Å². The van der Waals surface area contributed by atoms with E-state index in [0.717, 1.165) is 0 Å². The van der Waals surface area contributed by atoms with Gasteiger partial charge in [-0.3, -0.25) is 10.1 Å². The summed E-state index contributed by atoms with van der Waals surface area (Å²) in [5.41, 5.74) is 0.551. The van der Waals surface area contributed by atoms with Gasteiger partial charge in [-0.05, 0) is 13.0 Å². The molecule has 0 saturated carbocycles. The minimum absolute atomic E-state index is 0.100. The van der Waals surface area contributed by atoms with Crippen LogP contribution in [-0.4, -0.2) is 24.7 Å². The smallest absolute Gasteiger partial charge is 0.321 e. The van der Waals surface area contributed by atoms with Gasteiger partial charge in [-0.2, -0.15) is 0 Å². The van der Waals surface area contributed by atoms with E-state index in [1.807, 2.05) is 6.92 Å². The Morgan fingerprint density at radius 1 is 1.39 bits per heavy atom. The zero-order chi connectivity index (χ0) is 13.5. The third kappa shape index (κ3) is 4.37. The van der Waals surface area contributed by atoms with Gasteiger partial charge >= 0.3 is 6.03 Å². The Morgan fingerprint density at radius 3 is 2.67 bits per heavy atom. The molecule has 0 heterocycles. The monoisotopic (exact) mass is 270 g/mol. The predicted molar refractivity (Wildman–Crippen MR) is 69.9 cm³/mol. The van der Waals surface area contributed by atoms with Crippen molar-refractivity contribution in [3.8, 4) is 0 Å². The first-order chi connectivity index (χ1) is 8.54. The molecule has 6 heteroatoms. The fourth-order valence-electron chi connectivity index (χ4n) is 1.32. The van der Waals surface area contributed by atoms with Crippen LogP contribution in [0.2, 0.25) is 0 Å². The zero-order valence-electron chi connectivity index (χ0n) is 10.2. The van der Waals surface area contributed by atoms with E-state index < -0.39 is 11.9 Å². The third-order valence-corrected chi connectivity index (χ3v) is 3.47. The van der Waals surface area contributed by atoms with Crippen LogP contribution < -0.4 is 10.6 Å². The van der Waals surface area contributed by atoms with Gasteiger partial charge in [0.25, 0.3) is 0 Å². The summed E-state index contributed by atoms with van der Waals surface area (Å²) in [4.78, 5) is 22.2. The van der Waals surface area contributed by atoms with Crippen LogP contribution in [0.4, 0.5) is 9.18 Å². The van der Waals surface area contributed by atoms with Gasteiger partial charge in [-0.25, -0.2) is 9.18 Å². The first kappa shape index (κ1) is 14.5. The van der Waals surface area contributed by atoms with Crippen molar-refractivity contribution >= 4 is 23.7 Å². The molecule has 1 rings (SSSR count). The first-order valence-corrected chi connectivity index (χ1v) is 6.47. The SMILES string of the molecule is CNC(=O)NC(=O)CSC(C)c1ccccc1F. The molecule has 0 fully saturated rings. The molecule has 4 nitrogen and oxygen atoms in total. The number of hydrogen-bond donors (Lipinski definition) is 2. The summed E-state index contributed by atoms with van der Waals surface area (Å²) in [6, 6.07) is 5.90. The lowest BCUT2D eigenvalue weighted by atomic mass is 10.1. The van der Waals surface area contributed by atoms with Crippen LogP contribution >= 0.6 is 11.8 Å². The number of benzene rings is 1. The summed E-state index contributed by atoms with van der Waals surface area (Å²) in [5, 5.41) is 4.28. The first-order valence-electron chi connectivity index (χ1n) is 5.42. The van der Waals surface area contributed by atoms with Crippen LogP contribution in [-0.2, 0) is 4.79 Å². The highest BCUT2D eigenvalue weighted by Gasteiger charge is 2.13. The molecule has 18 heavy (non-hydrogen) atoms. The quantitative estimate of drug-likeness (QED) is 0.880. The topological polar surface area (TPSA) is 58.2 Å². The molecule has 1 atom stereocenters. The highest BCUT2D eigenvalue weighted by molar-refractivity contribution is 8.00. The van der Waals surface area contributed by atoms with Crippen LogP contribution in [0.1, 0.15) is 17.7 Å². The van der Waals surface area contributed by atoms with Crippen molar-refractivity contribution in [3.63, 3.8) is 0 Å². The molecule has 0 aliphatic carbocycles. The second-order valence-corrected chi connectivity index (χ2v) is 4.93. The lowest BCUT2D eigenvalue weighted by molar-refractivity contribution is -0.117. The number of amides is 3. The van der Waals surface area contributed by atoms with Gasteiger partial charge in [0.05, 0.1) is 5.75 Å². The van der Waals surface area contributed by atoms with Crippen molar-refractivity contribution in [1.82, 2.24) is 10.6 Å². The van der Waals surface area contributed by atoms with Crippen molar-refractivity contribution in [2.75, 3.05) is 12.8 Å². The maximum Gasteiger partial charge on any atom is 0.321 e. The molecular formula is C12H15FN2O2S. The number of hydrogen-bond acceptors (Lipinski definition) is 3. The molecule has 1 aromatic rings. The van der Waals surface area contributed by atoms with Gasteiger partial charge in [0.2, 0.25) is 5.91 Å². The lowest BCUT2D eigenvalue weighted by Crippen LogP contribution is -2.38. The van der Waals surface area contributed by atoms with E-state index in [1.54, 1.807) is 18.2 Å². The summed E-state index contributed by atoms with van der Waals surface area (Å²) in [5.74, 6) is -0.588. The van der Waals surface area contributed by atoms with Gasteiger partial charge in [0.1, 0.15) is 5.82 Å². The van der Waals surface area contributed by atoms with Crippen molar-refractivity contribution in [3.05, 3.63) is 35.6 Å². The maximum absolute atomic E-state index is 13.5. The molecule has 98 valence electrons. The molecule has 2 N–H and O–H groups in total. The van der Waals surface area contributed by atoms with Crippen LogP contribution in [0, 0.1) is 5.82 Å². The normalized spacial score (nSPS) is 11.7. The Balaban J connectivity index is 2.47. The van der Waals surface area contributed by atoms with Gasteiger partial charge in [0.15, 0.2) is 0 Å². The van der Waals surface area contributed by atoms with E-state index in [1.165, 1.54) is 24.9 Å². The number of carbonyl (C=O) groups excluding carboxylic acids is 2. The van der Waals surface area contributed by atoms with E-state index >= 15 is 0 Å². The molecule has 0 aliphatic rings. The van der Waals surface area contributed by atoms with Crippen LogP contribution in [0.5, 0.6) is 0 Å². The summed E-state index contributed by atoms with van der Waals surface area (Å²) in [7, 11) is 1.43. The van der Waals surface area contributed by atoms with Gasteiger partial charge in [-0.15, -0.1) is 11.8 Å². The standard InChI is InChI=1S/C12H15FN2O2S/c1-8(9-5-3-4-6-10(9)13)18-7-11(16)15-12(17)14-2/h3-6,8H,7H2,1-2H3,(H2,14,15,16,17). The minimum atomic E-state index is -0.542. The number of imide groups is 1. The van der Waals surface area contributed by atoms with E-state index in [2.05, 4.69) is 10.6 Å². The maximum atomic E-state index is 13.5. The zero-order valence-corrected chi connectivity index (χ0v) is 11.0. The van der Waals surface area contributed by atoms with Gasteiger partial charge < -0.3 is 5.32 Å². The molecular weight excluding hydrogens is 255 g/mol. The lowest BCUT2D eigenvalue weighted by Gasteiger charge is -2.12.